The fraction of sp³-hybridized carbons (Fsp3) is 0.118. The van der Waals surface area contributed by atoms with Gasteiger partial charge < -0.3 is 9.72 Å². The first-order valence-corrected chi connectivity index (χ1v) is 6.92. The molecule has 1 heterocycles. The summed E-state index contributed by atoms with van der Waals surface area (Å²) in [5.74, 6) is 0.812. The number of benzene rings is 2. The van der Waals surface area contributed by atoms with Crippen LogP contribution in [0.2, 0.25) is 0 Å². The molecule has 0 radical (unpaired) electrons. The van der Waals surface area contributed by atoms with Crippen molar-refractivity contribution in [2.24, 2.45) is 0 Å². The second-order valence-corrected chi connectivity index (χ2v) is 4.94. The normalized spacial score (nSPS) is 11.4. The van der Waals surface area contributed by atoms with Crippen LogP contribution < -0.4 is 4.74 Å². The third-order valence-electron chi connectivity index (χ3n) is 3.26. The number of nitrogens with zero attached hydrogens (tertiary/aromatic N) is 1. The molecular weight excluding hydrogens is 305 g/mol. The predicted molar refractivity (Wildman–Crippen MR) is 79.8 cm³/mol. The van der Waals surface area contributed by atoms with Gasteiger partial charge in [-0.25, -0.2) is 4.98 Å². The molecule has 0 aliphatic rings. The van der Waals surface area contributed by atoms with Gasteiger partial charge in [0.2, 0.25) is 0 Å². The average molecular weight is 318 g/mol. The van der Waals surface area contributed by atoms with Crippen LogP contribution in [0, 0.1) is 0 Å². The molecule has 3 nitrogen and oxygen atoms in total. The Morgan fingerprint density at radius 3 is 2.26 bits per heavy atom. The number of rotatable bonds is 4. The van der Waals surface area contributed by atoms with Crippen molar-refractivity contribution >= 4 is 0 Å². The van der Waals surface area contributed by atoms with E-state index in [-0.39, 0.29) is 5.82 Å². The molecule has 3 aromatic rings. The topological polar surface area (TPSA) is 37.9 Å². The number of hydrogen-bond acceptors (Lipinski definition) is 2. The summed E-state index contributed by atoms with van der Waals surface area (Å²) >= 11 is 0. The van der Waals surface area contributed by atoms with E-state index in [0.717, 1.165) is 11.8 Å². The van der Waals surface area contributed by atoms with Gasteiger partial charge in [0.15, 0.2) is 0 Å². The first-order chi connectivity index (χ1) is 11.0. The highest BCUT2D eigenvalue weighted by Gasteiger charge is 2.33. The highest BCUT2D eigenvalue weighted by Crippen LogP contribution is 2.29. The summed E-state index contributed by atoms with van der Waals surface area (Å²) in [6.45, 7) is 0.430. The molecule has 0 spiro atoms. The van der Waals surface area contributed by atoms with E-state index < -0.39 is 11.9 Å². The molecule has 0 saturated carbocycles. The number of nitrogens with one attached hydrogen (secondary N) is 1. The number of H-pyrrole nitrogens is 1. The largest absolute Gasteiger partial charge is 0.489 e. The minimum Gasteiger partial charge on any atom is -0.489 e. The van der Waals surface area contributed by atoms with Crippen molar-refractivity contribution in [2.45, 2.75) is 12.8 Å². The number of ether oxygens (including phenoxy) is 1. The number of hydrogen-bond donors (Lipinski definition) is 1. The van der Waals surface area contributed by atoms with Gasteiger partial charge in [-0.05, 0) is 29.8 Å². The summed E-state index contributed by atoms with van der Waals surface area (Å²) < 4.78 is 43.3. The predicted octanol–water partition coefficient (Wildman–Crippen LogP) is 4.67. The highest BCUT2D eigenvalue weighted by atomic mass is 19.4. The lowest BCUT2D eigenvalue weighted by molar-refractivity contribution is -0.140. The van der Waals surface area contributed by atoms with E-state index in [9.17, 15) is 13.2 Å². The molecule has 0 aliphatic carbocycles. The molecule has 23 heavy (non-hydrogen) atoms. The van der Waals surface area contributed by atoms with Crippen LogP contribution in [0.5, 0.6) is 5.75 Å². The lowest BCUT2D eigenvalue weighted by Crippen LogP contribution is -2.04. The Labute approximate surface area is 130 Å². The highest BCUT2D eigenvalue weighted by molar-refractivity contribution is 5.56. The van der Waals surface area contributed by atoms with Crippen LogP contribution in [0.1, 0.15) is 11.3 Å². The Bertz CT molecular complexity index is 765. The Kier molecular flexibility index (Phi) is 4.06. The van der Waals surface area contributed by atoms with E-state index >= 15 is 0 Å². The van der Waals surface area contributed by atoms with Gasteiger partial charge in [0.25, 0.3) is 0 Å². The average Bonchev–Trinajstić information content (AvgIpc) is 3.05. The Hall–Kier alpha value is -2.76. The lowest BCUT2D eigenvalue weighted by atomic mass is 10.2. The minimum atomic E-state index is -4.43. The maximum absolute atomic E-state index is 12.6. The third kappa shape index (κ3) is 3.71. The second kappa shape index (κ2) is 6.16. The molecule has 1 aromatic heterocycles. The maximum Gasteiger partial charge on any atom is 0.432 e. The molecule has 0 saturated heterocycles. The van der Waals surface area contributed by atoms with Crippen molar-refractivity contribution in [2.75, 3.05) is 0 Å². The smallest absolute Gasteiger partial charge is 0.432 e. The van der Waals surface area contributed by atoms with E-state index in [1.54, 1.807) is 24.3 Å². The van der Waals surface area contributed by atoms with Crippen LogP contribution in [0.3, 0.4) is 0 Å². The van der Waals surface area contributed by atoms with Gasteiger partial charge in [0.05, 0.1) is 6.20 Å². The van der Waals surface area contributed by atoms with Crippen molar-refractivity contribution in [3.63, 3.8) is 0 Å². The summed E-state index contributed by atoms with van der Waals surface area (Å²) in [4.78, 5) is 6.03. The molecule has 6 heteroatoms. The van der Waals surface area contributed by atoms with Gasteiger partial charge in [-0.15, -0.1) is 0 Å². The zero-order chi connectivity index (χ0) is 16.3. The van der Waals surface area contributed by atoms with Gasteiger partial charge in [-0.1, -0.05) is 30.3 Å². The molecular formula is C17H13F3N2O. The number of alkyl halides is 3. The number of halogens is 3. The van der Waals surface area contributed by atoms with Crippen LogP contribution in [0.15, 0.2) is 60.8 Å². The fourth-order valence-electron chi connectivity index (χ4n) is 2.06. The Balaban J connectivity index is 1.68. The summed E-state index contributed by atoms with van der Waals surface area (Å²) in [5, 5.41) is 0. The Morgan fingerprint density at radius 2 is 1.65 bits per heavy atom. The quantitative estimate of drug-likeness (QED) is 0.759. The molecule has 0 amide bonds. The molecule has 2 aromatic carbocycles. The van der Waals surface area contributed by atoms with Gasteiger partial charge in [0.1, 0.15) is 23.9 Å². The first kappa shape index (κ1) is 15.1. The molecule has 0 fully saturated rings. The van der Waals surface area contributed by atoms with Crippen LogP contribution in [-0.4, -0.2) is 9.97 Å². The third-order valence-corrected chi connectivity index (χ3v) is 3.26. The summed E-state index contributed by atoms with van der Waals surface area (Å²) in [5.41, 5.74) is 0.738. The van der Waals surface area contributed by atoms with E-state index in [4.69, 9.17) is 4.74 Å². The molecule has 1 N–H and O–H groups in total. The second-order valence-electron chi connectivity index (χ2n) is 4.94. The molecule has 3 rings (SSSR count). The monoisotopic (exact) mass is 318 g/mol. The van der Waals surface area contributed by atoms with Gasteiger partial charge >= 0.3 is 6.18 Å². The molecule has 0 atom stereocenters. The standard InChI is InChI=1S/C17H13F3N2O/c18-17(19,20)15-10-21-16(22-15)13-6-8-14(9-7-13)23-11-12-4-2-1-3-5-12/h1-10H,11H2,(H,21,22). The van der Waals surface area contributed by atoms with Crippen molar-refractivity contribution in [1.29, 1.82) is 0 Å². The molecule has 118 valence electrons. The van der Waals surface area contributed by atoms with E-state index in [2.05, 4.69) is 9.97 Å². The van der Waals surface area contributed by atoms with Crippen LogP contribution in [0.4, 0.5) is 13.2 Å². The van der Waals surface area contributed by atoms with Crippen LogP contribution >= 0.6 is 0 Å². The first-order valence-electron chi connectivity index (χ1n) is 6.92. The van der Waals surface area contributed by atoms with Crippen LogP contribution in [-0.2, 0) is 12.8 Å². The molecule has 0 aliphatic heterocycles. The summed E-state index contributed by atoms with van der Waals surface area (Å²) in [7, 11) is 0. The maximum atomic E-state index is 12.6. The van der Waals surface area contributed by atoms with E-state index in [1.165, 1.54) is 0 Å². The van der Waals surface area contributed by atoms with E-state index in [0.29, 0.717) is 17.9 Å². The Morgan fingerprint density at radius 1 is 0.957 bits per heavy atom. The SMILES string of the molecule is FC(F)(F)c1cnc(-c2ccc(OCc3ccccc3)cc2)[nH]1. The number of aromatic amines is 1. The summed E-state index contributed by atoms with van der Waals surface area (Å²) in [6, 6.07) is 16.4. The fourth-order valence-corrected chi connectivity index (χ4v) is 2.06. The molecule has 0 bridgehead atoms. The zero-order valence-electron chi connectivity index (χ0n) is 12.0. The van der Waals surface area contributed by atoms with Crippen molar-refractivity contribution in [3.05, 3.63) is 72.1 Å². The summed E-state index contributed by atoms with van der Waals surface area (Å²) in [6.07, 6.45) is -3.64. The van der Waals surface area contributed by atoms with E-state index in [1.807, 2.05) is 30.3 Å². The minimum absolute atomic E-state index is 0.173. The van der Waals surface area contributed by atoms with Crippen molar-refractivity contribution in [3.8, 4) is 17.1 Å². The zero-order valence-corrected chi connectivity index (χ0v) is 12.0. The van der Waals surface area contributed by atoms with Gasteiger partial charge in [-0.3, -0.25) is 0 Å². The van der Waals surface area contributed by atoms with Crippen molar-refractivity contribution < 1.29 is 17.9 Å². The lowest BCUT2D eigenvalue weighted by Gasteiger charge is -2.07. The van der Waals surface area contributed by atoms with Crippen LogP contribution in [0.25, 0.3) is 11.4 Å². The van der Waals surface area contributed by atoms with Crippen molar-refractivity contribution in [1.82, 2.24) is 9.97 Å². The van der Waals surface area contributed by atoms with Gasteiger partial charge in [-0.2, -0.15) is 13.2 Å². The van der Waals surface area contributed by atoms with Gasteiger partial charge in [0, 0.05) is 5.56 Å². The molecule has 0 unspecified atom stereocenters. The number of aromatic nitrogens is 2. The number of imidazole rings is 1.